The molecule has 1 N–H and O–H groups in total. The van der Waals surface area contributed by atoms with Crippen molar-refractivity contribution in [1.82, 2.24) is 4.98 Å². The smallest absolute Gasteiger partial charge is 0.194 e. The first-order valence-corrected chi connectivity index (χ1v) is 6.61. The van der Waals surface area contributed by atoms with Gasteiger partial charge in [0.25, 0.3) is 0 Å². The monoisotopic (exact) mass is 227 g/mol. The number of rotatable bonds is 3. The van der Waals surface area contributed by atoms with Gasteiger partial charge in [-0.3, -0.25) is 0 Å². The van der Waals surface area contributed by atoms with Crippen LogP contribution in [-0.2, 0) is 6.42 Å². The lowest BCUT2D eigenvalue weighted by molar-refractivity contribution is 0.194. The number of aromatic nitrogens is 1. The van der Waals surface area contributed by atoms with Crippen LogP contribution in [0.15, 0.2) is 10.7 Å². The molecule has 1 aromatic rings. The molecule has 0 bridgehead atoms. The Bertz CT molecular complexity index is 305. The Morgan fingerprint density at radius 3 is 3.20 bits per heavy atom. The lowest BCUT2D eigenvalue weighted by Gasteiger charge is -2.19. The minimum Gasteiger partial charge on any atom is -0.449 e. The van der Waals surface area contributed by atoms with Crippen LogP contribution in [0.3, 0.4) is 0 Å². The van der Waals surface area contributed by atoms with Gasteiger partial charge >= 0.3 is 0 Å². The molecule has 1 aromatic heterocycles. The van der Waals surface area contributed by atoms with Gasteiger partial charge in [-0.1, -0.05) is 0 Å². The molecular formula is C11H17NO2S. The van der Waals surface area contributed by atoms with Gasteiger partial charge in [0.2, 0.25) is 0 Å². The van der Waals surface area contributed by atoms with Crippen molar-refractivity contribution in [3.63, 3.8) is 0 Å². The van der Waals surface area contributed by atoms with Crippen molar-refractivity contribution < 1.29 is 9.52 Å². The van der Waals surface area contributed by atoms with Crippen molar-refractivity contribution in [2.45, 2.75) is 32.3 Å². The summed E-state index contributed by atoms with van der Waals surface area (Å²) in [5.74, 6) is 3.98. The standard InChI is InChI=1S/C11H17NO2S/c1-8(13)10-6-14-11(12-10)5-9-3-2-4-15-7-9/h6,8-9,13H,2-5,7H2,1H3. The van der Waals surface area contributed by atoms with Crippen molar-refractivity contribution in [3.05, 3.63) is 17.8 Å². The number of oxazole rings is 1. The molecule has 0 saturated carbocycles. The van der Waals surface area contributed by atoms with Crippen LogP contribution in [0.4, 0.5) is 0 Å². The maximum absolute atomic E-state index is 9.32. The number of hydrogen-bond acceptors (Lipinski definition) is 4. The minimum atomic E-state index is -0.525. The summed E-state index contributed by atoms with van der Waals surface area (Å²) in [6.07, 6.45) is 4.54. The average molecular weight is 227 g/mol. The summed E-state index contributed by atoms with van der Waals surface area (Å²) in [6, 6.07) is 0. The van der Waals surface area contributed by atoms with Crippen LogP contribution in [0.2, 0.25) is 0 Å². The van der Waals surface area contributed by atoms with Crippen LogP contribution in [-0.4, -0.2) is 21.6 Å². The fraction of sp³-hybridized carbons (Fsp3) is 0.727. The predicted molar refractivity (Wildman–Crippen MR) is 60.9 cm³/mol. The second kappa shape index (κ2) is 5.03. The van der Waals surface area contributed by atoms with E-state index in [-0.39, 0.29) is 0 Å². The number of nitrogens with zero attached hydrogens (tertiary/aromatic N) is 1. The SMILES string of the molecule is CC(O)c1coc(CC2CCCSC2)n1. The first-order chi connectivity index (χ1) is 7.25. The van der Waals surface area contributed by atoms with Gasteiger partial charge in [-0.2, -0.15) is 11.8 Å². The Hall–Kier alpha value is -0.480. The third kappa shape index (κ3) is 2.98. The molecule has 2 heterocycles. The highest BCUT2D eigenvalue weighted by Crippen LogP contribution is 2.25. The summed E-state index contributed by atoms with van der Waals surface area (Å²) < 4.78 is 5.35. The van der Waals surface area contributed by atoms with Crippen LogP contribution in [0, 0.1) is 5.92 Å². The molecule has 4 heteroatoms. The maximum Gasteiger partial charge on any atom is 0.194 e. The predicted octanol–water partition coefficient (Wildman–Crippen LogP) is 2.41. The van der Waals surface area contributed by atoms with E-state index in [1.807, 2.05) is 11.8 Å². The fourth-order valence-corrected chi connectivity index (χ4v) is 2.98. The molecule has 2 rings (SSSR count). The first kappa shape index (κ1) is 11.0. The van der Waals surface area contributed by atoms with Crippen molar-refractivity contribution in [2.75, 3.05) is 11.5 Å². The molecule has 1 fully saturated rings. The molecule has 0 radical (unpaired) electrons. The maximum atomic E-state index is 9.32. The lowest BCUT2D eigenvalue weighted by Crippen LogP contribution is -2.13. The molecule has 15 heavy (non-hydrogen) atoms. The Morgan fingerprint density at radius 2 is 2.60 bits per heavy atom. The third-order valence-corrected chi connectivity index (χ3v) is 4.00. The van der Waals surface area contributed by atoms with E-state index in [1.54, 1.807) is 13.2 Å². The molecule has 0 spiro atoms. The average Bonchev–Trinajstić information content (AvgIpc) is 2.68. The van der Waals surface area contributed by atoms with Crippen LogP contribution in [0.1, 0.15) is 37.5 Å². The van der Waals surface area contributed by atoms with Gasteiger partial charge < -0.3 is 9.52 Å². The zero-order valence-electron chi connectivity index (χ0n) is 8.98. The summed E-state index contributed by atoms with van der Waals surface area (Å²) >= 11 is 2.02. The zero-order valence-corrected chi connectivity index (χ0v) is 9.80. The van der Waals surface area contributed by atoms with Gasteiger partial charge in [0, 0.05) is 6.42 Å². The Balaban J connectivity index is 1.91. The number of aliphatic hydroxyl groups is 1. The zero-order chi connectivity index (χ0) is 10.7. The molecule has 2 atom stereocenters. The van der Waals surface area contributed by atoms with Crippen LogP contribution in [0.5, 0.6) is 0 Å². The molecule has 0 aliphatic carbocycles. The van der Waals surface area contributed by atoms with Crippen molar-refractivity contribution in [3.8, 4) is 0 Å². The van der Waals surface area contributed by atoms with E-state index in [4.69, 9.17) is 4.42 Å². The highest BCUT2D eigenvalue weighted by molar-refractivity contribution is 7.99. The second-order valence-electron chi connectivity index (χ2n) is 4.13. The first-order valence-electron chi connectivity index (χ1n) is 5.46. The van der Waals surface area contributed by atoms with Crippen molar-refractivity contribution in [2.24, 2.45) is 5.92 Å². The highest BCUT2D eigenvalue weighted by atomic mass is 32.2. The van der Waals surface area contributed by atoms with Crippen molar-refractivity contribution >= 4 is 11.8 Å². The minimum absolute atomic E-state index is 0.525. The summed E-state index contributed by atoms with van der Waals surface area (Å²) in [5.41, 5.74) is 0.647. The summed E-state index contributed by atoms with van der Waals surface area (Å²) in [6.45, 7) is 1.71. The molecular weight excluding hydrogens is 210 g/mol. The molecule has 84 valence electrons. The molecule has 0 amide bonds. The van der Waals surface area contributed by atoms with E-state index in [0.29, 0.717) is 11.6 Å². The highest BCUT2D eigenvalue weighted by Gasteiger charge is 2.17. The molecule has 0 aromatic carbocycles. The van der Waals surface area contributed by atoms with E-state index in [2.05, 4.69) is 4.98 Å². The van der Waals surface area contributed by atoms with Crippen LogP contribution < -0.4 is 0 Å². The lowest BCUT2D eigenvalue weighted by atomic mass is 10.0. The van der Waals surface area contributed by atoms with Gasteiger partial charge in [0.15, 0.2) is 5.89 Å². The van der Waals surface area contributed by atoms with E-state index in [9.17, 15) is 5.11 Å². The van der Waals surface area contributed by atoms with E-state index in [0.717, 1.165) is 12.3 Å². The quantitative estimate of drug-likeness (QED) is 0.861. The van der Waals surface area contributed by atoms with Crippen molar-refractivity contribution in [1.29, 1.82) is 0 Å². The van der Waals surface area contributed by atoms with Gasteiger partial charge in [-0.25, -0.2) is 4.98 Å². The summed E-state index contributed by atoms with van der Waals surface area (Å²) in [4.78, 5) is 4.28. The summed E-state index contributed by atoms with van der Waals surface area (Å²) in [5, 5.41) is 9.32. The van der Waals surface area contributed by atoms with Gasteiger partial charge in [-0.05, 0) is 37.2 Å². The summed E-state index contributed by atoms with van der Waals surface area (Å²) in [7, 11) is 0. The van der Waals surface area contributed by atoms with Gasteiger partial charge in [0.05, 0.1) is 6.10 Å². The number of thioether (sulfide) groups is 1. The Kier molecular flexibility index (Phi) is 3.70. The number of aliphatic hydroxyl groups excluding tert-OH is 1. The Morgan fingerprint density at radius 1 is 1.73 bits per heavy atom. The second-order valence-corrected chi connectivity index (χ2v) is 5.28. The normalized spacial score (nSPS) is 24.0. The van der Waals surface area contributed by atoms with E-state index < -0.39 is 6.10 Å². The molecule has 1 saturated heterocycles. The molecule has 2 unspecified atom stereocenters. The molecule has 3 nitrogen and oxygen atoms in total. The van der Waals surface area contributed by atoms with Gasteiger partial charge in [-0.15, -0.1) is 0 Å². The van der Waals surface area contributed by atoms with Crippen LogP contribution in [0.25, 0.3) is 0 Å². The molecule has 1 aliphatic heterocycles. The van der Waals surface area contributed by atoms with Gasteiger partial charge in [0.1, 0.15) is 12.0 Å². The number of hydrogen-bond donors (Lipinski definition) is 1. The Labute approximate surface area is 94.3 Å². The van der Waals surface area contributed by atoms with E-state index in [1.165, 1.54) is 24.3 Å². The fourth-order valence-electron chi connectivity index (χ4n) is 1.83. The van der Waals surface area contributed by atoms with E-state index >= 15 is 0 Å². The topological polar surface area (TPSA) is 46.3 Å². The third-order valence-electron chi connectivity index (χ3n) is 2.72. The largest absolute Gasteiger partial charge is 0.449 e. The van der Waals surface area contributed by atoms with Crippen LogP contribution >= 0.6 is 11.8 Å². The molecule has 1 aliphatic rings.